The Balaban J connectivity index is 1.84. The van der Waals surface area contributed by atoms with Gasteiger partial charge in [0, 0.05) is 11.5 Å². The molecule has 28 heavy (non-hydrogen) atoms. The Labute approximate surface area is 159 Å². The molecular weight excluding hydrogens is 369 g/mol. The summed E-state index contributed by atoms with van der Waals surface area (Å²) in [5.41, 5.74) is 1.30. The Bertz CT molecular complexity index is 1040. The molecule has 1 N–H and O–H groups in total. The van der Waals surface area contributed by atoms with Gasteiger partial charge in [-0.3, -0.25) is 4.79 Å². The molecule has 1 aliphatic rings. The minimum atomic E-state index is -4.21. The van der Waals surface area contributed by atoms with Gasteiger partial charge >= 0.3 is 6.18 Å². The second-order valence-corrected chi connectivity index (χ2v) is 7.30. The Hall–Kier alpha value is -2.64. The van der Waals surface area contributed by atoms with Crippen LogP contribution in [0.4, 0.5) is 13.2 Å². The predicted molar refractivity (Wildman–Crippen MR) is 99.2 cm³/mol. The molecule has 2 unspecified atom stereocenters. The van der Waals surface area contributed by atoms with Gasteiger partial charge in [-0.1, -0.05) is 43.7 Å². The maximum absolute atomic E-state index is 13.3. The number of fused-ring (bicyclic) bond motifs is 1. The molecular formula is C20H21F3N4O. The molecule has 0 spiro atoms. The molecule has 5 nitrogen and oxygen atoms in total. The number of rotatable bonds is 3. The fourth-order valence-electron chi connectivity index (χ4n) is 4.05. The molecule has 3 aromatic rings. The Morgan fingerprint density at radius 3 is 2.64 bits per heavy atom. The normalized spacial score (nSPS) is 20.6. The largest absolute Gasteiger partial charge is 0.391 e. The van der Waals surface area contributed by atoms with Crippen LogP contribution >= 0.6 is 0 Å². The number of hydrogen-bond acceptors (Lipinski definition) is 3. The summed E-state index contributed by atoms with van der Waals surface area (Å²) < 4.78 is 41.3. The third kappa shape index (κ3) is 3.31. The van der Waals surface area contributed by atoms with E-state index >= 15 is 0 Å². The summed E-state index contributed by atoms with van der Waals surface area (Å²) in [6.07, 6.45) is -2.47. The highest BCUT2D eigenvalue weighted by atomic mass is 19.4. The monoisotopic (exact) mass is 390 g/mol. The fourth-order valence-corrected chi connectivity index (χ4v) is 4.05. The topological polar surface area (TPSA) is 63.1 Å². The Morgan fingerprint density at radius 1 is 1.21 bits per heavy atom. The van der Waals surface area contributed by atoms with Gasteiger partial charge in [0.05, 0.1) is 11.6 Å². The van der Waals surface area contributed by atoms with Crippen LogP contribution in [0.25, 0.3) is 16.9 Å². The number of aromatic amines is 1. The molecule has 2 heterocycles. The van der Waals surface area contributed by atoms with Crippen molar-refractivity contribution in [2.24, 2.45) is 5.92 Å². The van der Waals surface area contributed by atoms with Crippen LogP contribution in [0.2, 0.25) is 0 Å². The summed E-state index contributed by atoms with van der Waals surface area (Å²) in [5.74, 6) is -0.864. The van der Waals surface area contributed by atoms with Gasteiger partial charge in [-0.15, -0.1) is 5.10 Å². The molecule has 1 fully saturated rings. The van der Waals surface area contributed by atoms with Crippen molar-refractivity contribution < 1.29 is 13.2 Å². The van der Waals surface area contributed by atoms with E-state index in [9.17, 15) is 18.0 Å². The fraction of sp³-hybridized carbons (Fsp3) is 0.450. The maximum atomic E-state index is 13.3. The molecule has 0 aliphatic heterocycles. The van der Waals surface area contributed by atoms with Crippen molar-refractivity contribution in [1.82, 2.24) is 19.6 Å². The quantitative estimate of drug-likeness (QED) is 0.717. The first kappa shape index (κ1) is 18.7. The first-order valence-electron chi connectivity index (χ1n) is 9.52. The molecule has 1 aliphatic carbocycles. The highest BCUT2D eigenvalue weighted by molar-refractivity contribution is 5.58. The van der Waals surface area contributed by atoms with Crippen LogP contribution in [-0.2, 0) is 6.42 Å². The lowest BCUT2D eigenvalue weighted by atomic mass is 9.80. The van der Waals surface area contributed by atoms with E-state index in [1.165, 1.54) is 4.52 Å². The number of H-pyrrole nitrogens is 1. The van der Waals surface area contributed by atoms with Crippen LogP contribution in [0.5, 0.6) is 0 Å². The summed E-state index contributed by atoms with van der Waals surface area (Å²) in [7, 11) is 0. The van der Waals surface area contributed by atoms with Crippen LogP contribution in [0, 0.1) is 5.92 Å². The lowest BCUT2D eigenvalue weighted by Crippen LogP contribution is -2.29. The summed E-state index contributed by atoms with van der Waals surface area (Å²) in [6, 6.07) is 9.17. The molecule has 148 valence electrons. The molecule has 1 saturated carbocycles. The van der Waals surface area contributed by atoms with Crippen LogP contribution < -0.4 is 5.56 Å². The molecule has 0 radical (unpaired) electrons. The first-order chi connectivity index (χ1) is 13.4. The van der Waals surface area contributed by atoms with E-state index in [4.69, 9.17) is 0 Å². The number of benzene rings is 1. The number of aromatic nitrogens is 4. The second kappa shape index (κ2) is 7.07. The van der Waals surface area contributed by atoms with Gasteiger partial charge in [-0.2, -0.15) is 13.2 Å². The van der Waals surface area contributed by atoms with Gasteiger partial charge in [-0.25, -0.2) is 9.50 Å². The molecule has 2 aromatic heterocycles. The minimum absolute atomic E-state index is 0.0130. The van der Waals surface area contributed by atoms with Crippen molar-refractivity contribution in [2.75, 3.05) is 0 Å². The second-order valence-electron chi connectivity index (χ2n) is 7.30. The standard InChI is InChI=1S/C20H21F3N4O/c1-2-15-16-19(28)25-17(12-7-4-3-5-8-12)26-27(16)18(24-15)13-9-6-10-14(11-13)20(21,22)23/h3-5,7-8,13-14H,2,6,9-11H2,1H3,(H,25,26,28). The summed E-state index contributed by atoms with van der Waals surface area (Å²) in [4.78, 5) is 20.1. The van der Waals surface area contributed by atoms with Gasteiger partial charge in [0.1, 0.15) is 5.82 Å². The zero-order chi connectivity index (χ0) is 19.9. The average Bonchev–Trinajstić information content (AvgIpc) is 3.07. The number of nitrogens with zero attached hydrogens (tertiary/aromatic N) is 3. The molecule has 4 rings (SSSR count). The van der Waals surface area contributed by atoms with Crippen LogP contribution in [-0.4, -0.2) is 25.8 Å². The average molecular weight is 390 g/mol. The van der Waals surface area contributed by atoms with E-state index < -0.39 is 12.1 Å². The van der Waals surface area contributed by atoms with E-state index in [0.717, 1.165) is 5.56 Å². The van der Waals surface area contributed by atoms with Gasteiger partial charge in [0.25, 0.3) is 5.56 Å². The van der Waals surface area contributed by atoms with Crippen molar-refractivity contribution >= 4 is 5.52 Å². The molecule has 0 bridgehead atoms. The summed E-state index contributed by atoms with van der Waals surface area (Å²) in [6.45, 7) is 1.87. The zero-order valence-corrected chi connectivity index (χ0v) is 15.5. The Kier molecular flexibility index (Phi) is 4.72. The number of imidazole rings is 1. The van der Waals surface area contributed by atoms with Crippen molar-refractivity contribution in [3.8, 4) is 11.4 Å². The van der Waals surface area contributed by atoms with Crippen LogP contribution in [0.3, 0.4) is 0 Å². The third-order valence-corrected chi connectivity index (χ3v) is 5.48. The highest BCUT2D eigenvalue weighted by Gasteiger charge is 2.43. The van der Waals surface area contributed by atoms with Gasteiger partial charge in [-0.05, 0) is 25.7 Å². The highest BCUT2D eigenvalue weighted by Crippen LogP contribution is 2.43. The van der Waals surface area contributed by atoms with Crippen LogP contribution in [0.1, 0.15) is 50.0 Å². The van der Waals surface area contributed by atoms with Crippen molar-refractivity contribution in [3.05, 3.63) is 52.2 Å². The van der Waals surface area contributed by atoms with E-state index in [0.29, 0.717) is 42.1 Å². The molecule has 0 amide bonds. The number of hydrogen-bond donors (Lipinski definition) is 1. The molecule has 8 heteroatoms. The molecule has 2 atom stereocenters. The molecule has 0 saturated heterocycles. The van der Waals surface area contributed by atoms with Crippen molar-refractivity contribution in [1.29, 1.82) is 0 Å². The number of nitrogens with one attached hydrogen (secondary N) is 1. The lowest BCUT2D eigenvalue weighted by molar-refractivity contribution is -0.183. The summed E-state index contributed by atoms with van der Waals surface area (Å²) in [5, 5.41) is 4.55. The van der Waals surface area contributed by atoms with E-state index in [2.05, 4.69) is 15.1 Å². The van der Waals surface area contributed by atoms with Gasteiger partial charge in [0.2, 0.25) is 0 Å². The number of alkyl halides is 3. The van der Waals surface area contributed by atoms with Gasteiger partial charge < -0.3 is 4.98 Å². The van der Waals surface area contributed by atoms with Crippen molar-refractivity contribution in [3.63, 3.8) is 0 Å². The van der Waals surface area contributed by atoms with E-state index in [-0.39, 0.29) is 24.3 Å². The SMILES string of the molecule is CCc1nc(C2CCCC(C(F)(F)F)C2)n2nc(-c3ccccc3)[nH]c(=O)c12. The maximum Gasteiger partial charge on any atom is 0.391 e. The zero-order valence-electron chi connectivity index (χ0n) is 15.5. The van der Waals surface area contributed by atoms with Gasteiger partial charge in [0.15, 0.2) is 11.3 Å². The minimum Gasteiger partial charge on any atom is -0.303 e. The summed E-state index contributed by atoms with van der Waals surface area (Å²) >= 11 is 0. The van der Waals surface area contributed by atoms with Crippen LogP contribution in [0.15, 0.2) is 35.1 Å². The van der Waals surface area contributed by atoms with E-state index in [1.54, 1.807) is 0 Å². The van der Waals surface area contributed by atoms with Crippen molar-refractivity contribution in [2.45, 2.75) is 51.1 Å². The lowest BCUT2D eigenvalue weighted by Gasteiger charge is -2.29. The smallest absolute Gasteiger partial charge is 0.303 e. The predicted octanol–water partition coefficient (Wildman–Crippen LogP) is 4.48. The third-order valence-electron chi connectivity index (χ3n) is 5.48. The number of halogens is 3. The number of aryl methyl sites for hydroxylation is 1. The molecule has 1 aromatic carbocycles. The Morgan fingerprint density at radius 2 is 1.96 bits per heavy atom. The van der Waals surface area contributed by atoms with E-state index in [1.807, 2.05) is 37.3 Å². The first-order valence-corrected chi connectivity index (χ1v) is 9.52.